The molecular formula is C18H18N4O6S4. The fraction of sp³-hybridized carbons (Fsp3) is 0.222. The average molecular weight is 515 g/mol. The first kappa shape index (κ1) is 22.8. The highest BCUT2D eigenvalue weighted by atomic mass is 32.2. The second kappa shape index (κ2) is 8.88. The van der Waals surface area contributed by atoms with Crippen LogP contribution in [0.2, 0.25) is 0 Å². The van der Waals surface area contributed by atoms with Crippen LogP contribution in [0.4, 0.5) is 0 Å². The summed E-state index contributed by atoms with van der Waals surface area (Å²) < 4.78 is 68.5. The van der Waals surface area contributed by atoms with Crippen LogP contribution in [0.25, 0.3) is 20.4 Å². The Morgan fingerprint density at radius 2 is 1.06 bits per heavy atom. The predicted molar refractivity (Wildman–Crippen MR) is 124 cm³/mol. The highest BCUT2D eigenvalue weighted by molar-refractivity contribution is 7.86. The molecule has 0 amide bonds. The Morgan fingerprint density at radius 1 is 0.688 bits per heavy atom. The Bertz CT molecular complexity index is 1520. The van der Waals surface area contributed by atoms with Gasteiger partial charge in [0.05, 0.1) is 31.9 Å². The van der Waals surface area contributed by atoms with Gasteiger partial charge in [-0.15, -0.1) is 10.2 Å². The molecule has 170 valence electrons. The van der Waals surface area contributed by atoms with E-state index >= 15 is 0 Å². The van der Waals surface area contributed by atoms with E-state index in [1.807, 2.05) is 48.5 Å². The first-order valence-electron chi connectivity index (χ1n) is 9.25. The van der Waals surface area contributed by atoms with E-state index in [9.17, 15) is 16.8 Å². The molecule has 14 heteroatoms. The normalized spacial score (nSPS) is 14.1. The number of rotatable bonds is 7. The number of hydrogen-bond acceptors (Lipinski definition) is 8. The van der Waals surface area contributed by atoms with Crippen LogP contribution in [-0.2, 0) is 33.3 Å². The molecule has 0 saturated heterocycles. The Kier molecular flexibility index (Phi) is 6.33. The molecule has 0 radical (unpaired) electrons. The van der Waals surface area contributed by atoms with Gasteiger partial charge in [-0.3, -0.25) is 9.11 Å². The highest BCUT2D eigenvalue weighted by Gasteiger charge is 2.12. The summed E-state index contributed by atoms with van der Waals surface area (Å²) in [5, 5.41) is 8.64. The van der Waals surface area contributed by atoms with Crippen molar-refractivity contribution in [2.75, 3.05) is 11.5 Å². The van der Waals surface area contributed by atoms with Crippen LogP contribution < -0.4 is 9.60 Å². The van der Waals surface area contributed by atoms with Crippen molar-refractivity contribution in [1.82, 2.24) is 9.13 Å². The molecule has 4 rings (SSSR count). The summed E-state index contributed by atoms with van der Waals surface area (Å²) in [6.07, 6.45) is 0. The molecule has 2 N–H and O–H groups in total. The zero-order valence-electron chi connectivity index (χ0n) is 16.4. The monoisotopic (exact) mass is 514 g/mol. The lowest BCUT2D eigenvalue weighted by Gasteiger charge is -2.03. The van der Waals surface area contributed by atoms with Crippen molar-refractivity contribution in [3.05, 3.63) is 58.1 Å². The van der Waals surface area contributed by atoms with E-state index in [2.05, 4.69) is 10.2 Å². The molecule has 0 bridgehead atoms. The van der Waals surface area contributed by atoms with Crippen molar-refractivity contribution in [2.45, 2.75) is 13.1 Å². The minimum Gasteiger partial charge on any atom is -0.314 e. The Morgan fingerprint density at radius 3 is 1.44 bits per heavy atom. The molecule has 0 saturated carbocycles. The topological polar surface area (TPSA) is 143 Å². The van der Waals surface area contributed by atoms with Crippen molar-refractivity contribution in [3.8, 4) is 0 Å². The largest absolute Gasteiger partial charge is 0.314 e. The van der Waals surface area contributed by atoms with Crippen LogP contribution in [0.3, 0.4) is 0 Å². The van der Waals surface area contributed by atoms with Gasteiger partial charge in [0.1, 0.15) is 0 Å². The van der Waals surface area contributed by atoms with E-state index in [0.29, 0.717) is 9.60 Å². The molecule has 0 atom stereocenters. The molecule has 2 aromatic carbocycles. The molecular weight excluding hydrogens is 496 g/mol. The van der Waals surface area contributed by atoms with Crippen LogP contribution in [0.1, 0.15) is 0 Å². The van der Waals surface area contributed by atoms with E-state index in [4.69, 9.17) is 9.11 Å². The van der Waals surface area contributed by atoms with Crippen molar-refractivity contribution in [2.24, 2.45) is 10.2 Å². The fourth-order valence-corrected chi connectivity index (χ4v) is 5.97. The summed E-state index contributed by atoms with van der Waals surface area (Å²) in [5.41, 5.74) is 1.51. The molecule has 0 unspecified atom stereocenters. The van der Waals surface area contributed by atoms with Gasteiger partial charge in [0, 0.05) is 13.1 Å². The molecule has 10 nitrogen and oxygen atoms in total. The molecule has 0 spiro atoms. The van der Waals surface area contributed by atoms with Gasteiger partial charge in [-0.25, -0.2) is 0 Å². The minimum absolute atomic E-state index is 0.00757. The minimum atomic E-state index is -4.17. The van der Waals surface area contributed by atoms with Crippen LogP contribution in [0.5, 0.6) is 0 Å². The first-order chi connectivity index (χ1) is 15.1. The third-order valence-corrected chi connectivity index (χ3v) is 8.04. The van der Waals surface area contributed by atoms with Crippen molar-refractivity contribution >= 4 is 63.3 Å². The van der Waals surface area contributed by atoms with Gasteiger partial charge in [0.2, 0.25) is 9.60 Å². The van der Waals surface area contributed by atoms with Crippen LogP contribution >= 0.6 is 22.7 Å². The Balaban J connectivity index is 1.87. The van der Waals surface area contributed by atoms with Gasteiger partial charge in [0.15, 0.2) is 0 Å². The van der Waals surface area contributed by atoms with E-state index in [-0.39, 0.29) is 13.1 Å². The third kappa shape index (κ3) is 5.33. The maximum atomic E-state index is 11.3. The number of para-hydroxylation sites is 2. The molecule has 2 heterocycles. The van der Waals surface area contributed by atoms with E-state index in [1.54, 1.807) is 9.13 Å². The van der Waals surface area contributed by atoms with E-state index in [1.165, 1.54) is 22.7 Å². The van der Waals surface area contributed by atoms with Gasteiger partial charge >= 0.3 is 0 Å². The SMILES string of the molecule is O=S(=O)(O)CCn1c(=NN=c2sc3ccccc3n2CCS(=O)(=O)O)sc2ccccc21. The average Bonchev–Trinajstić information content (AvgIpc) is 3.25. The van der Waals surface area contributed by atoms with Gasteiger partial charge in [0.25, 0.3) is 20.2 Å². The molecule has 4 aromatic rings. The maximum Gasteiger partial charge on any atom is 0.266 e. The lowest BCUT2D eigenvalue weighted by molar-refractivity contribution is 0.476. The first-order valence-corrected chi connectivity index (χ1v) is 14.1. The zero-order chi connectivity index (χ0) is 22.9. The predicted octanol–water partition coefficient (Wildman–Crippen LogP) is 1.91. The number of aromatic nitrogens is 2. The molecule has 0 aliphatic rings. The molecule has 0 fully saturated rings. The van der Waals surface area contributed by atoms with Gasteiger partial charge in [-0.2, -0.15) is 16.8 Å². The molecule has 0 aliphatic heterocycles. The standard InChI is InChI=1S/C18H18N4O6S4/c23-31(24,25)11-9-21-13-5-1-3-7-15(13)29-17(21)19-20-18-22(10-12-32(26,27)28)14-6-2-4-8-16(14)30-18/h1-8H,9-12H2,(H,23,24,25)(H,26,27,28). The van der Waals surface area contributed by atoms with Crippen LogP contribution in [-0.4, -0.2) is 46.6 Å². The van der Waals surface area contributed by atoms with Crippen molar-refractivity contribution < 1.29 is 25.9 Å². The number of benzene rings is 2. The van der Waals surface area contributed by atoms with E-state index < -0.39 is 31.7 Å². The molecule has 0 aliphatic carbocycles. The van der Waals surface area contributed by atoms with Crippen LogP contribution in [0, 0.1) is 0 Å². The van der Waals surface area contributed by atoms with E-state index in [0.717, 1.165) is 20.4 Å². The highest BCUT2D eigenvalue weighted by Crippen LogP contribution is 2.18. The second-order valence-corrected chi connectivity index (χ2v) is 11.9. The Labute approximate surface area is 190 Å². The van der Waals surface area contributed by atoms with Gasteiger partial charge < -0.3 is 9.13 Å². The lowest BCUT2D eigenvalue weighted by Crippen LogP contribution is -2.22. The molecule has 2 aromatic heterocycles. The smallest absolute Gasteiger partial charge is 0.266 e. The maximum absolute atomic E-state index is 11.3. The number of thiazole rings is 2. The van der Waals surface area contributed by atoms with Crippen LogP contribution in [0.15, 0.2) is 58.7 Å². The Hall–Kier alpha value is -2.36. The van der Waals surface area contributed by atoms with Crippen molar-refractivity contribution in [1.29, 1.82) is 0 Å². The quantitative estimate of drug-likeness (QED) is 0.285. The van der Waals surface area contributed by atoms with Gasteiger partial charge in [-0.05, 0) is 24.3 Å². The number of nitrogens with zero attached hydrogens (tertiary/aromatic N) is 4. The summed E-state index contributed by atoms with van der Waals surface area (Å²) in [6, 6.07) is 14.7. The summed E-state index contributed by atoms with van der Waals surface area (Å²) in [6.45, 7) is -0.0151. The number of fused-ring (bicyclic) bond motifs is 2. The zero-order valence-corrected chi connectivity index (χ0v) is 19.7. The summed E-state index contributed by atoms with van der Waals surface area (Å²) in [4.78, 5) is 0.849. The summed E-state index contributed by atoms with van der Waals surface area (Å²) in [5.74, 6) is -0.948. The second-order valence-electron chi connectivity index (χ2n) is 6.78. The number of hydrogen-bond donors (Lipinski definition) is 2. The number of aryl methyl sites for hydroxylation is 2. The van der Waals surface area contributed by atoms with Gasteiger partial charge in [-0.1, -0.05) is 46.9 Å². The summed E-state index contributed by atoms with van der Waals surface area (Å²) >= 11 is 2.62. The van der Waals surface area contributed by atoms with Crippen molar-refractivity contribution in [3.63, 3.8) is 0 Å². The fourth-order valence-electron chi connectivity index (χ4n) is 3.13. The molecule has 32 heavy (non-hydrogen) atoms. The lowest BCUT2D eigenvalue weighted by atomic mass is 10.3. The third-order valence-electron chi connectivity index (χ3n) is 4.54. The summed E-state index contributed by atoms with van der Waals surface area (Å²) in [7, 11) is -8.34.